The van der Waals surface area contributed by atoms with E-state index < -0.39 is 18.0 Å². The van der Waals surface area contributed by atoms with Gasteiger partial charge in [0.2, 0.25) is 0 Å². The van der Waals surface area contributed by atoms with E-state index in [0.717, 1.165) is 5.56 Å². The highest BCUT2D eigenvalue weighted by molar-refractivity contribution is 5.94. The number of amides is 2. The molecule has 0 saturated heterocycles. The van der Waals surface area contributed by atoms with Gasteiger partial charge in [-0.05, 0) is 24.6 Å². The maximum Gasteiger partial charge on any atom is 0.326 e. The fraction of sp³-hybridized carbons (Fsp3) is 0.357. The Bertz CT molecular complexity index is 514. The van der Waals surface area contributed by atoms with Crippen molar-refractivity contribution in [3.05, 3.63) is 29.8 Å². The number of benzene rings is 1. The van der Waals surface area contributed by atoms with Crippen LogP contribution < -0.4 is 10.6 Å². The number of carbonyl (C=O) groups excluding carboxylic acids is 2. The van der Waals surface area contributed by atoms with Crippen molar-refractivity contribution >= 4 is 23.5 Å². The first kappa shape index (κ1) is 15.7. The van der Waals surface area contributed by atoms with E-state index in [9.17, 15) is 14.4 Å². The lowest BCUT2D eigenvalue weighted by Gasteiger charge is -2.14. The zero-order valence-electron chi connectivity index (χ0n) is 11.5. The monoisotopic (exact) mass is 278 g/mol. The predicted octanol–water partition coefficient (Wildman–Crippen LogP) is 1.94. The van der Waals surface area contributed by atoms with Crippen molar-refractivity contribution < 1.29 is 19.5 Å². The lowest BCUT2D eigenvalue weighted by atomic mass is 10.1. The summed E-state index contributed by atoms with van der Waals surface area (Å²) in [5.41, 5.74) is 1.53. The van der Waals surface area contributed by atoms with Gasteiger partial charge in [0.25, 0.3) is 0 Å². The first-order valence-corrected chi connectivity index (χ1v) is 6.31. The van der Waals surface area contributed by atoms with Gasteiger partial charge in [-0.25, -0.2) is 9.59 Å². The Morgan fingerprint density at radius 2 is 2.00 bits per heavy atom. The maximum atomic E-state index is 11.7. The molecule has 1 rings (SSSR count). The second kappa shape index (κ2) is 7.28. The first-order chi connectivity index (χ1) is 9.42. The number of aryl methyl sites for hydroxylation is 1. The van der Waals surface area contributed by atoms with Crippen LogP contribution in [0.25, 0.3) is 0 Å². The van der Waals surface area contributed by atoms with E-state index in [2.05, 4.69) is 10.6 Å². The van der Waals surface area contributed by atoms with Crippen LogP contribution in [0.2, 0.25) is 0 Å². The highest BCUT2D eigenvalue weighted by Crippen LogP contribution is 2.09. The highest BCUT2D eigenvalue weighted by atomic mass is 16.4. The largest absolute Gasteiger partial charge is 0.480 e. The van der Waals surface area contributed by atoms with Crippen molar-refractivity contribution in [2.45, 2.75) is 32.7 Å². The number of carboxylic acid groups (broad SMARTS) is 1. The fourth-order valence-corrected chi connectivity index (χ4v) is 1.62. The van der Waals surface area contributed by atoms with Gasteiger partial charge in [-0.15, -0.1) is 0 Å². The van der Waals surface area contributed by atoms with Crippen molar-refractivity contribution in [1.82, 2.24) is 5.32 Å². The third kappa shape index (κ3) is 5.09. The molecule has 0 aliphatic carbocycles. The number of nitrogens with one attached hydrogen (secondary N) is 2. The zero-order valence-corrected chi connectivity index (χ0v) is 11.5. The zero-order chi connectivity index (χ0) is 15.1. The van der Waals surface area contributed by atoms with Crippen molar-refractivity contribution in [2.75, 3.05) is 5.32 Å². The number of ketones is 1. The Morgan fingerprint density at radius 1 is 1.30 bits per heavy atom. The molecule has 0 radical (unpaired) electrons. The summed E-state index contributed by atoms with van der Waals surface area (Å²) in [6, 6.07) is 5.24. The lowest BCUT2D eigenvalue weighted by Crippen LogP contribution is -2.44. The molecule has 1 aromatic rings. The average molecular weight is 278 g/mol. The number of carboxylic acids is 1. The van der Waals surface area contributed by atoms with E-state index in [-0.39, 0.29) is 18.6 Å². The summed E-state index contributed by atoms with van der Waals surface area (Å²) in [6.07, 6.45) is 0.0258. The van der Waals surface area contributed by atoms with Crippen LogP contribution in [0.3, 0.4) is 0 Å². The molecule has 0 aliphatic heterocycles. The highest BCUT2D eigenvalue weighted by Gasteiger charge is 2.22. The number of Topliss-reactive ketones (excluding diaryl/α,β-unsaturated/α-hetero) is 1. The molecule has 0 fully saturated rings. The van der Waals surface area contributed by atoms with Crippen LogP contribution in [0, 0.1) is 6.92 Å². The Hall–Kier alpha value is -2.37. The van der Waals surface area contributed by atoms with Crippen molar-refractivity contribution in [3.8, 4) is 0 Å². The van der Waals surface area contributed by atoms with Crippen molar-refractivity contribution in [3.63, 3.8) is 0 Å². The minimum Gasteiger partial charge on any atom is -0.480 e. The topological polar surface area (TPSA) is 95.5 Å². The van der Waals surface area contributed by atoms with Gasteiger partial charge in [-0.1, -0.05) is 19.1 Å². The normalized spacial score (nSPS) is 11.5. The van der Waals surface area contributed by atoms with Crippen LogP contribution >= 0.6 is 0 Å². The van der Waals surface area contributed by atoms with Gasteiger partial charge in [0, 0.05) is 18.5 Å². The van der Waals surface area contributed by atoms with Crippen LogP contribution in [0.5, 0.6) is 0 Å². The second-order valence-corrected chi connectivity index (χ2v) is 4.46. The van der Waals surface area contributed by atoms with Gasteiger partial charge in [-0.2, -0.15) is 0 Å². The smallest absolute Gasteiger partial charge is 0.326 e. The van der Waals surface area contributed by atoms with Gasteiger partial charge in [0.1, 0.15) is 11.8 Å². The Kier molecular flexibility index (Phi) is 5.71. The standard InChI is InChI=1S/C14H18N2O4/c1-3-11(17)8-12(13(18)19)16-14(20)15-10-6-4-5-9(2)7-10/h4-7,12H,3,8H2,1-2H3,(H,18,19)(H2,15,16,20). The number of urea groups is 1. The molecule has 0 heterocycles. The SMILES string of the molecule is CCC(=O)CC(NC(=O)Nc1cccc(C)c1)C(=O)O. The molecule has 1 atom stereocenters. The van der Waals surface area contributed by atoms with Gasteiger partial charge < -0.3 is 15.7 Å². The number of aliphatic carboxylic acids is 1. The van der Waals surface area contributed by atoms with E-state index in [0.29, 0.717) is 5.69 Å². The van der Waals surface area contributed by atoms with E-state index in [4.69, 9.17) is 5.11 Å². The van der Waals surface area contributed by atoms with Gasteiger partial charge in [0.05, 0.1) is 0 Å². The summed E-state index contributed by atoms with van der Waals surface area (Å²) in [5.74, 6) is -1.44. The minimum absolute atomic E-state index is 0.215. The Balaban J connectivity index is 2.62. The van der Waals surface area contributed by atoms with Crippen molar-refractivity contribution in [2.24, 2.45) is 0 Å². The molecular weight excluding hydrogens is 260 g/mol. The molecule has 0 saturated carbocycles. The molecule has 0 aromatic heterocycles. The molecule has 2 amide bonds. The molecule has 0 spiro atoms. The molecule has 108 valence electrons. The van der Waals surface area contributed by atoms with Crippen LogP contribution in [-0.4, -0.2) is 28.9 Å². The Morgan fingerprint density at radius 3 is 2.55 bits per heavy atom. The van der Waals surface area contributed by atoms with Gasteiger partial charge in [0.15, 0.2) is 0 Å². The molecule has 6 nitrogen and oxygen atoms in total. The summed E-state index contributed by atoms with van der Waals surface area (Å²) < 4.78 is 0. The van der Waals surface area contributed by atoms with E-state index in [1.54, 1.807) is 25.1 Å². The molecule has 0 bridgehead atoms. The van der Waals surface area contributed by atoms with E-state index in [1.165, 1.54) is 0 Å². The molecule has 0 aliphatic rings. The van der Waals surface area contributed by atoms with E-state index in [1.807, 2.05) is 13.0 Å². The quantitative estimate of drug-likeness (QED) is 0.741. The molecular formula is C14H18N2O4. The number of rotatable bonds is 6. The first-order valence-electron chi connectivity index (χ1n) is 6.31. The Labute approximate surface area is 117 Å². The molecule has 6 heteroatoms. The summed E-state index contributed by atoms with van der Waals surface area (Å²) in [7, 11) is 0. The maximum absolute atomic E-state index is 11.7. The second-order valence-electron chi connectivity index (χ2n) is 4.46. The number of anilines is 1. The van der Waals surface area contributed by atoms with Crippen LogP contribution in [-0.2, 0) is 9.59 Å². The molecule has 1 unspecified atom stereocenters. The molecule has 1 aromatic carbocycles. The average Bonchev–Trinajstić information content (AvgIpc) is 2.37. The van der Waals surface area contributed by atoms with Crippen LogP contribution in [0.1, 0.15) is 25.3 Å². The van der Waals surface area contributed by atoms with E-state index >= 15 is 0 Å². The van der Waals surface area contributed by atoms with Crippen molar-refractivity contribution in [1.29, 1.82) is 0 Å². The number of hydrogen-bond acceptors (Lipinski definition) is 3. The predicted molar refractivity (Wildman–Crippen MR) is 74.7 cm³/mol. The third-order valence-electron chi connectivity index (χ3n) is 2.71. The van der Waals surface area contributed by atoms with Gasteiger partial charge >= 0.3 is 12.0 Å². The third-order valence-corrected chi connectivity index (χ3v) is 2.71. The fourth-order valence-electron chi connectivity index (χ4n) is 1.62. The number of carbonyl (C=O) groups is 3. The number of hydrogen-bond donors (Lipinski definition) is 3. The lowest BCUT2D eigenvalue weighted by molar-refractivity contribution is -0.140. The van der Waals surface area contributed by atoms with Crippen LogP contribution in [0.4, 0.5) is 10.5 Å². The summed E-state index contributed by atoms with van der Waals surface area (Å²) in [5, 5.41) is 13.8. The molecule has 3 N–H and O–H groups in total. The summed E-state index contributed by atoms with van der Waals surface area (Å²) in [6.45, 7) is 3.52. The summed E-state index contributed by atoms with van der Waals surface area (Å²) >= 11 is 0. The van der Waals surface area contributed by atoms with Crippen LogP contribution in [0.15, 0.2) is 24.3 Å². The molecule has 20 heavy (non-hydrogen) atoms. The minimum atomic E-state index is -1.23. The van der Waals surface area contributed by atoms with Gasteiger partial charge in [-0.3, -0.25) is 4.79 Å². The summed E-state index contributed by atoms with van der Waals surface area (Å²) in [4.78, 5) is 34.0.